The molecule has 1 amide bonds. The number of ether oxygens (including phenoxy) is 1. The van der Waals surface area contributed by atoms with Crippen LogP contribution in [0.25, 0.3) is 0 Å². The van der Waals surface area contributed by atoms with E-state index in [9.17, 15) is 4.79 Å². The Labute approximate surface area is 147 Å². The van der Waals surface area contributed by atoms with Crippen LogP contribution in [0, 0.1) is 0 Å². The van der Waals surface area contributed by atoms with Crippen molar-refractivity contribution < 1.29 is 9.53 Å². The predicted octanol–water partition coefficient (Wildman–Crippen LogP) is 1.67. The van der Waals surface area contributed by atoms with Crippen molar-refractivity contribution in [1.29, 1.82) is 0 Å². The lowest BCUT2D eigenvalue weighted by Gasteiger charge is -2.27. The maximum absolute atomic E-state index is 12.4. The third-order valence-electron chi connectivity index (χ3n) is 4.66. The summed E-state index contributed by atoms with van der Waals surface area (Å²) in [6.45, 7) is 7.93. The second-order valence-electron chi connectivity index (χ2n) is 6.38. The minimum atomic E-state index is -0.169. The zero-order valence-corrected chi connectivity index (χ0v) is 15.3. The number of morpholine rings is 1. The molecule has 1 aliphatic carbocycles. The number of hydrogen-bond acceptors (Lipinski definition) is 6. The van der Waals surface area contributed by atoms with Crippen LogP contribution in [0.2, 0.25) is 0 Å². The number of carbonyl (C=O) groups is 1. The molecule has 8 heteroatoms. The van der Waals surface area contributed by atoms with Crippen LogP contribution in [-0.4, -0.2) is 58.3 Å². The molecule has 0 unspecified atom stereocenters. The van der Waals surface area contributed by atoms with Gasteiger partial charge in [0.05, 0.1) is 18.5 Å². The van der Waals surface area contributed by atoms with E-state index in [0.29, 0.717) is 6.04 Å². The molecular weight excluding hydrogens is 326 g/mol. The number of aromatic nitrogens is 3. The van der Waals surface area contributed by atoms with Crippen LogP contribution in [0.5, 0.6) is 0 Å². The van der Waals surface area contributed by atoms with Gasteiger partial charge in [-0.15, -0.1) is 10.2 Å². The molecule has 2 heterocycles. The van der Waals surface area contributed by atoms with Crippen molar-refractivity contribution in [3.05, 3.63) is 0 Å². The minimum absolute atomic E-state index is 0.102. The highest BCUT2D eigenvalue weighted by molar-refractivity contribution is 8.00. The highest BCUT2D eigenvalue weighted by Gasteiger charge is 2.25. The fraction of sp³-hybridized carbons (Fsp3) is 0.812. The Balaban J connectivity index is 1.63. The Morgan fingerprint density at radius 1 is 1.33 bits per heavy atom. The van der Waals surface area contributed by atoms with Gasteiger partial charge in [-0.3, -0.25) is 9.36 Å². The lowest BCUT2D eigenvalue weighted by molar-refractivity contribution is -0.120. The summed E-state index contributed by atoms with van der Waals surface area (Å²) in [4.78, 5) is 14.6. The molecule has 2 aliphatic rings. The molecule has 0 spiro atoms. The summed E-state index contributed by atoms with van der Waals surface area (Å²) < 4.78 is 7.50. The van der Waals surface area contributed by atoms with Gasteiger partial charge in [-0.2, -0.15) is 0 Å². The quantitative estimate of drug-likeness (QED) is 0.785. The fourth-order valence-electron chi connectivity index (χ4n) is 3.24. The zero-order valence-electron chi connectivity index (χ0n) is 14.5. The summed E-state index contributed by atoms with van der Waals surface area (Å²) in [5.41, 5.74) is 0. The van der Waals surface area contributed by atoms with E-state index < -0.39 is 0 Å². The van der Waals surface area contributed by atoms with Gasteiger partial charge in [0.2, 0.25) is 11.9 Å². The molecule has 2 fully saturated rings. The molecule has 24 heavy (non-hydrogen) atoms. The summed E-state index contributed by atoms with van der Waals surface area (Å²) in [5.74, 6) is 0.983. The second-order valence-corrected chi connectivity index (χ2v) is 7.68. The Hall–Kier alpha value is -1.28. The molecule has 1 atom stereocenters. The van der Waals surface area contributed by atoms with Crippen molar-refractivity contribution in [3.8, 4) is 0 Å². The van der Waals surface area contributed by atoms with Crippen LogP contribution < -0.4 is 10.2 Å². The molecule has 1 saturated carbocycles. The lowest BCUT2D eigenvalue weighted by Crippen LogP contribution is -2.38. The Bertz CT molecular complexity index is 553. The van der Waals surface area contributed by atoms with Gasteiger partial charge in [0.1, 0.15) is 0 Å². The molecule has 1 aromatic rings. The molecule has 1 N–H and O–H groups in total. The summed E-state index contributed by atoms with van der Waals surface area (Å²) in [7, 11) is 0. The van der Waals surface area contributed by atoms with Gasteiger partial charge in [-0.25, -0.2) is 0 Å². The van der Waals surface area contributed by atoms with E-state index in [0.717, 1.165) is 56.8 Å². The first kappa shape index (κ1) is 17.5. The van der Waals surface area contributed by atoms with Crippen LogP contribution in [0.4, 0.5) is 5.95 Å². The van der Waals surface area contributed by atoms with Gasteiger partial charge in [0.15, 0.2) is 5.16 Å². The summed E-state index contributed by atoms with van der Waals surface area (Å²) in [6, 6.07) is 0.355. The maximum Gasteiger partial charge on any atom is 0.233 e. The first-order valence-corrected chi connectivity index (χ1v) is 9.80. The summed E-state index contributed by atoms with van der Waals surface area (Å²) >= 11 is 1.49. The van der Waals surface area contributed by atoms with Crippen molar-refractivity contribution in [1.82, 2.24) is 20.1 Å². The van der Waals surface area contributed by atoms with Gasteiger partial charge in [0.25, 0.3) is 0 Å². The van der Waals surface area contributed by atoms with E-state index in [-0.39, 0.29) is 11.2 Å². The van der Waals surface area contributed by atoms with Crippen LogP contribution >= 0.6 is 11.8 Å². The number of carbonyl (C=O) groups excluding carboxylic acids is 1. The molecular formula is C16H27N5O2S. The van der Waals surface area contributed by atoms with Gasteiger partial charge in [-0.1, -0.05) is 24.6 Å². The van der Waals surface area contributed by atoms with E-state index in [1.807, 2.05) is 6.92 Å². The van der Waals surface area contributed by atoms with Crippen molar-refractivity contribution in [2.75, 3.05) is 31.2 Å². The van der Waals surface area contributed by atoms with E-state index in [2.05, 4.69) is 31.9 Å². The lowest BCUT2D eigenvalue weighted by atomic mass is 10.2. The van der Waals surface area contributed by atoms with Crippen molar-refractivity contribution in [2.45, 2.75) is 62.5 Å². The molecule has 1 aliphatic heterocycles. The Morgan fingerprint density at radius 2 is 2.04 bits per heavy atom. The van der Waals surface area contributed by atoms with E-state index >= 15 is 0 Å². The monoisotopic (exact) mass is 353 g/mol. The smallest absolute Gasteiger partial charge is 0.233 e. The first-order chi connectivity index (χ1) is 11.7. The minimum Gasteiger partial charge on any atom is -0.378 e. The SMILES string of the molecule is CCn1c(S[C@@H](C)C(=O)NC2CCCC2)nnc1N1CCOCC1. The molecule has 0 bridgehead atoms. The normalized spacial score (nSPS) is 20.3. The molecule has 1 saturated heterocycles. The van der Waals surface area contributed by atoms with Crippen molar-refractivity contribution in [3.63, 3.8) is 0 Å². The summed E-state index contributed by atoms with van der Waals surface area (Å²) in [6.07, 6.45) is 4.66. The molecule has 0 radical (unpaired) electrons. The Morgan fingerprint density at radius 3 is 2.71 bits per heavy atom. The third-order valence-corrected chi connectivity index (χ3v) is 5.74. The largest absolute Gasteiger partial charge is 0.378 e. The molecule has 134 valence electrons. The van der Waals surface area contributed by atoms with E-state index in [1.165, 1.54) is 24.6 Å². The highest BCUT2D eigenvalue weighted by atomic mass is 32.2. The number of nitrogens with one attached hydrogen (secondary N) is 1. The number of thioether (sulfide) groups is 1. The molecule has 7 nitrogen and oxygen atoms in total. The van der Waals surface area contributed by atoms with Gasteiger partial charge >= 0.3 is 0 Å². The highest BCUT2D eigenvalue weighted by Crippen LogP contribution is 2.26. The zero-order chi connectivity index (χ0) is 16.9. The second kappa shape index (κ2) is 8.20. The van der Waals surface area contributed by atoms with Crippen LogP contribution in [0.1, 0.15) is 39.5 Å². The number of amides is 1. The first-order valence-electron chi connectivity index (χ1n) is 8.92. The standard InChI is InChI=1S/C16H27N5O2S/c1-3-21-15(20-8-10-23-11-9-20)18-19-16(21)24-12(2)14(22)17-13-6-4-5-7-13/h12-13H,3-11H2,1-2H3,(H,17,22)/t12-/m0/s1. The topological polar surface area (TPSA) is 72.3 Å². The predicted molar refractivity (Wildman–Crippen MR) is 94.4 cm³/mol. The number of nitrogens with zero attached hydrogens (tertiary/aromatic N) is 4. The molecule has 3 rings (SSSR count). The molecule has 0 aromatic carbocycles. The van der Waals surface area contributed by atoms with Crippen LogP contribution in [-0.2, 0) is 16.1 Å². The van der Waals surface area contributed by atoms with Crippen LogP contribution in [0.15, 0.2) is 5.16 Å². The number of anilines is 1. The van der Waals surface area contributed by atoms with Gasteiger partial charge in [-0.05, 0) is 26.7 Å². The van der Waals surface area contributed by atoms with Crippen LogP contribution in [0.3, 0.4) is 0 Å². The number of hydrogen-bond donors (Lipinski definition) is 1. The van der Waals surface area contributed by atoms with Crippen molar-refractivity contribution >= 4 is 23.6 Å². The summed E-state index contributed by atoms with van der Waals surface area (Å²) in [5, 5.41) is 12.5. The van der Waals surface area contributed by atoms with Crippen molar-refractivity contribution in [2.24, 2.45) is 0 Å². The average Bonchev–Trinajstić information content (AvgIpc) is 3.25. The fourth-order valence-corrected chi connectivity index (χ4v) is 4.16. The van der Waals surface area contributed by atoms with Gasteiger partial charge < -0.3 is 15.0 Å². The third kappa shape index (κ3) is 4.03. The van der Waals surface area contributed by atoms with Gasteiger partial charge in [0, 0.05) is 25.7 Å². The average molecular weight is 353 g/mol. The maximum atomic E-state index is 12.4. The molecule has 1 aromatic heterocycles. The van der Waals surface area contributed by atoms with E-state index in [4.69, 9.17) is 4.74 Å². The number of rotatable bonds is 6. The Kier molecular flexibility index (Phi) is 5.99. The van der Waals surface area contributed by atoms with E-state index in [1.54, 1.807) is 0 Å².